The van der Waals surface area contributed by atoms with Gasteiger partial charge in [0, 0.05) is 49.4 Å². The van der Waals surface area contributed by atoms with Crippen LogP contribution in [0, 0.1) is 11.2 Å². The van der Waals surface area contributed by atoms with Gasteiger partial charge in [0.05, 0.1) is 5.54 Å². The fraction of sp³-hybridized carbons (Fsp3) is 0.344. The first-order chi connectivity index (χ1) is 18.9. The zero-order chi connectivity index (χ0) is 29.1. The van der Waals surface area contributed by atoms with Crippen LogP contribution >= 0.6 is 0 Å². The second kappa shape index (κ2) is 11.6. The quantitative estimate of drug-likeness (QED) is 0.365. The first-order valence-corrected chi connectivity index (χ1v) is 13.4. The molecule has 1 atom stereocenters. The van der Waals surface area contributed by atoms with Gasteiger partial charge in [0.2, 0.25) is 0 Å². The van der Waals surface area contributed by atoms with Crippen LogP contribution in [0.4, 0.5) is 9.18 Å². The van der Waals surface area contributed by atoms with Crippen molar-refractivity contribution in [1.82, 2.24) is 15.1 Å². The minimum absolute atomic E-state index is 0.275. The molecule has 0 aromatic heterocycles. The molecule has 0 saturated carbocycles. The molecule has 2 N–H and O–H groups in total. The predicted octanol–water partition coefficient (Wildman–Crippen LogP) is 5.84. The molecule has 3 aromatic rings. The van der Waals surface area contributed by atoms with Crippen LogP contribution < -0.4 is 5.32 Å². The van der Waals surface area contributed by atoms with E-state index < -0.39 is 11.6 Å². The second-order valence-corrected chi connectivity index (χ2v) is 11.6. The molecule has 0 radical (unpaired) electrons. The standard InChI is InChI=1S/C32H36FN3O4/c1-31(2,3)32(4)21-35(13-14-36(32)30(39)40)19-27-17-25(11-12-28(27)33)24-9-5-7-22(15-24)18-34-29(38)26-10-6-8-23(16-26)20-37/h5-12,15-17,20H,13-14,18-19,21H2,1-4H3,(H,34,38)(H,39,40)/t32-/m1/s1. The Labute approximate surface area is 234 Å². The smallest absolute Gasteiger partial charge is 0.407 e. The molecule has 8 heteroatoms. The zero-order valence-electron chi connectivity index (χ0n) is 23.4. The van der Waals surface area contributed by atoms with E-state index in [2.05, 4.69) is 10.2 Å². The number of aldehydes is 1. The van der Waals surface area contributed by atoms with Gasteiger partial charge in [-0.25, -0.2) is 9.18 Å². The number of hydrogen-bond acceptors (Lipinski definition) is 4. The first kappa shape index (κ1) is 29.0. The summed E-state index contributed by atoms with van der Waals surface area (Å²) in [5, 5.41) is 12.7. The number of carboxylic acid groups (broad SMARTS) is 1. The van der Waals surface area contributed by atoms with Gasteiger partial charge >= 0.3 is 6.09 Å². The van der Waals surface area contributed by atoms with Crippen LogP contribution in [0.5, 0.6) is 0 Å². The van der Waals surface area contributed by atoms with Crippen molar-refractivity contribution in [3.05, 3.63) is 94.8 Å². The van der Waals surface area contributed by atoms with Crippen molar-refractivity contribution in [3.8, 4) is 11.1 Å². The molecule has 1 saturated heterocycles. The van der Waals surface area contributed by atoms with Gasteiger partial charge in [-0.3, -0.25) is 19.4 Å². The third-order valence-corrected chi connectivity index (χ3v) is 8.05. The summed E-state index contributed by atoms with van der Waals surface area (Å²) in [4.78, 5) is 39.2. The summed E-state index contributed by atoms with van der Waals surface area (Å²) in [6.07, 6.45) is -0.230. The highest BCUT2D eigenvalue weighted by Crippen LogP contribution is 2.39. The minimum Gasteiger partial charge on any atom is -0.465 e. The molecule has 2 amide bonds. The van der Waals surface area contributed by atoms with Gasteiger partial charge in [-0.15, -0.1) is 0 Å². The Bertz CT molecular complexity index is 1420. The van der Waals surface area contributed by atoms with Gasteiger partial charge in [-0.1, -0.05) is 57.2 Å². The maximum absolute atomic E-state index is 15.0. The van der Waals surface area contributed by atoms with Gasteiger partial charge in [-0.2, -0.15) is 0 Å². The zero-order valence-corrected chi connectivity index (χ0v) is 23.4. The number of piperazine rings is 1. The molecule has 0 unspecified atom stereocenters. The molecular weight excluding hydrogens is 509 g/mol. The van der Waals surface area contributed by atoms with Crippen molar-refractivity contribution < 1.29 is 23.9 Å². The van der Waals surface area contributed by atoms with Crippen LogP contribution in [-0.4, -0.2) is 58.4 Å². The summed E-state index contributed by atoms with van der Waals surface area (Å²) in [7, 11) is 0. The number of carbonyl (C=O) groups excluding carboxylic acids is 2. The molecule has 1 aliphatic heterocycles. The summed E-state index contributed by atoms with van der Waals surface area (Å²) >= 11 is 0. The summed E-state index contributed by atoms with van der Waals surface area (Å²) in [5.41, 5.74) is 3.09. The van der Waals surface area contributed by atoms with Gasteiger partial charge in [-0.05, 0) is 59.4 Å². The third kappa shape index (κ3) is 6.23. The topological polar surface area (TPSA) is 90.0 Å². The Kier molecular flexibility index (Phi) is 8.40. The van der Waals surface area contributed by atoms with Crippen LogP contribution in [0.15, 0.2) is 66.7 Å². The average Bonchev–Trinajstić information content (AvgIpc) is 2.92. The number of rotatable bonds is 7. The Balaban J connectivity index is 1.49. The van der Waals surface area contributed by atoms with Crippen molar-refractivity contribution in [3.63, 3.8) is 0 Å². The van der Waals surface area contributed by atoms with Crippen molar-refractivity contribution in [1.29, 1.82) is 0 Å². The molecular formula is C32H36FN3O4. The maximum atomic E-state index is 15.0. The maximum Gasteiger partial charge on any atom is 0.407 e. The van der Waals surface area contributed by atoms with E-state index in [9.17, 15) is 23.9 Å². The SMILES string of the molecule is CC(C)(C)[C@@]1(C)CN(Cc2cc(-c3cccc(CNC(=O)c4cccc(C=O)c4)c3)ccc2F)CCN1C(=O)O. The molecule has 1 fully saturated rings. The van der Waals surface area contributed by atoms with Crippen LogP contribution in [0.2, 0.25) is 0 Å². The second-order valence-electron chi connectivity index (χ2n) is 11.6. The number of nitrogens with zero attached hydrogens (tertiary/aromatic N) is 2. The average molecular weight is 546 g/mol. The van der Waals surface area contributed by atoms with Crippen LogP contribution in [-0.2, 0) is 13.1 Å². The molecule has 1 heterocycles. The number of nitrogens with one attached hydrogen (secondary N) is 1. The van der Waals surface area contributed by atoms with E-state index in [0.29, 0.717) is 55.7 Å². The normalized spacial score (nSPS) is 17.9. The van der Waals surface area contributed by atoms with Crippen molar-refractivity contribution in [2.75, 3.05) is 19.6 Å². The summed E-state index contributed by atoms with van der Waals surface area (Å²) < 4.78 is 15.0. The Morgan fingerprint density at radius 1 is 1.02 bits per heavy atom. The lowest BCUT2D eigenvalue weighted by Gasteiger charge is -2.54. The lowest BCUT2D eigenvalue weighted by atomic mass is 9.72. The first-order valence-electron chi connectivity index (χ1n) is 13.4. The fourth-order valence-corrected chi connectivity index (χ4v) is 5.19. The van der Waals surface area contributed by atoms with Crippen LogP contribution in [0.25, 0.3) is 11.1 Å². The number of benzene rings is 3. The molecule has 40 heavy (non-hydrogen) atoms. The molecule has 4 rings (SSSR count). The number of hydrogen-bond donors (Lipinski definition) is 2. The molecule has 7 nitrogen and oxygen atoms in total. The summed E-state index contributed by atoms with van der Waals surface area (Å²) in [6, 6.07) is 19.3. The lowest BCUT2D eigenvalue weighted by molar-refractivity contribution is -0.0464. The molecule has 0 aliphatic carbocycles. The fourth-order valence-electron chi connectivity index (χ4n) is 5.19. The minimum atomic E-state index is -0.934. The van der Waals surface area contributed by atoms with E-state index in [0.717, 1.165) is 16.7 Å². The number of carbonyl (C=O) groups is 3. The van der Waals surface area contributed by atoms with Crippen molar-refractivity contribution in [2.24, 2.45) is 5.41 Å². The molecule has 0 spiro atoms. The van der Waals surface area contributed by atoms with E-state index in [4.69, 9.17) is 0 Å². The van der Waals surface area contributed by atoms with E-state index in [1.54, 1.807) is 30.3 Å². The highest BCUT2D eigenvalue weighted by Gasteiger charge is 2.48. The van der Waals surface area contributed by atoms with Gasteiger partial charge < -0.3 is 10.4 Å². The number of amides is 2. The molecule has 1 aliphatic rings. The van der Waals surface area contributed by atoms with E-state index in [-0.39, 0.29) is 17.1 Å². The molecule has 0 bridgehead atoms. The highest BCUT2D eigenvalue weighted by molar-refractivity contribution is 5.95. The summed E-state index contributed by atoms with van der Waals surface area (Å²) in [6.45, 7) is 10.1. The van der Waals surface area contributed by atoms with Crippen LogP contribution in [0.3, 0.4) is 0 Å². The van der Waals surface area contributed by atoms with Gasteiger partial charge in [0.15, 0.2) is 0 Å². The van der Waals surface area contributed by atoms with E-state index >= 15 is 0 Å². The van der Waals surface area contributed by atoms with Crippen molar-refractivity contribution in [2.45, 2.75) is 46.3 Å². The van der Waals surface area contributed by atoms with Gasteiger partial charge in [0.1, 0.15) is 12.1 Å². The Hall–Kier alpha value is -4.04. The van der Waals surface area contributed by atoms with Gasteiger partial charge in [0.25, 0.3) is 5.91 Å². The predicted molar refractivity (Wildman–Crippen MR) is 153 cm³/mol. The lowest BCUT2D eigenvalue weighted by Crippen LogP contribution is -2.67. The molecule has 3 aromatic carbocycles. The third-order valence-electron chi connectivity index (χ3n) is 8.05. The Morgan fingerprint density at radius 3 is 2.45 bits per heavy atom. The largest absolute Gasteiger partial charge is 0.465 e. The van der Waals surface area contributed by atoms with Crippen LogP contribution in [0.1, 0.15) is 59.5 Å². The highest BCUT2D eigenvalue weighted by atomic mass is 19.1. The van der Waals surface area contributed by atoms with E-state index in [1.165, 1.54) is 11.0 Å². The van der Waals surface area contributed by atoms with Crippen molar-refractivity contribution >= 4 is 18.3 Å². The Morgan fingerprint density at radius 2 is 1.75 bits per heavy atom. The summed E-state index contributed by atoms with van der Waals surface area (Å²) in [5.74, 6) is -0.578. The number of halogens is 1. The monoisotopic (exact) mass is 545 g/mol. The molecule has 210 valence electrons. The van der Waals surface area contributed by atoms with E-state index in [1.807, 2.05) is 58.0 Å².